The summed E-state index contributed by atoms with van der Waals surface area (Å²) in [6, 6.07) is 4.23. The van der Waals surface area contributed by atoms with Crippen LogP contribution in [0.5, 0.6) is 0 Å². The molecule has 1 amide bonds. The number of nitrogens with zero attached hydrogens (tertiary/aromatic N) is 2. The number of halogens is 3. The molecule has 0 unspecified atom stereocenters. The van der Waals surface area contributed by atoms with Crippen molar-refractivity contribution in [1.82, 2.24) is 15.1 Å². The van der Waals surface area contributed by atoms with Crippen molar-refractivity contribution in [2.45, 2.75) is 12.8 Å². The van der Waals surface area contributed by atoms with Gasteiger partial charge in [-0.05, 0) is 50.0 Å². The standard InChI is InChI=1S/C17H23ClFN3O.ClH/c18-14-1-2-15(16(19)11-14)17(23)22-9-7-21(8-10-22)12-13-3-5-20-6-4-13;/h1-2,11,13,20H,3-10,12H2;1H. The summed E-state index contributed by atoms with van der Waals surface area (Å²) < 4.78 is 13.9. The van der Waals surface area contributed by atoms with Gasteiger partial charge in [-0.2, -0.15) is 0 Å². The predicted octanol–water partition coefficient (Wildman–Crippen LogP) is 2.66. The highest BCUT2D eigenvalue weighted by molar-refractivity contribution is 6.30. The highest BCUT2D eigenvalue weighted by Crippen LogP contribution is 2.18. The van der Waals surface area contributed by atoms with E-state index in [-0.39, 0.29) is 23.9 Å². The lowest BCUT2D eigenvalue weighted by Crippen LogP contribution is -2.50. The molecule has 1 aromatic rings. The van der Waals surface area contributed by atoms with Gasteiger partial charge in [0.05, 0.1) is 5.56 Å². The van der Waals surface area contributed by atoms with Crippen molar-refractivity contribution in [3.63, 3.8) is 0 Å². The Bertz CT molecular complexity index is 559. The van der Waals surface area contributed by atoms with Crippen molar-refractivity contribution in [1.29, 1.82) is 0 Å². The van der Waals surface area contributed by atoms with E-state index in [1.165, 1.54) is 25.0 Å². The number of carbonyl (C=O) groups is 1. The van der Waals surface area contributed by atoms with E-state index in [9.17, 15) is 9.18 Å². The van der Waals surface area contributed by atoms with Crippen molar-refractivity contribution >= 4 is 29.9 Å². The van der Waals surface area contributed by atoms with Gasteiger partial charge in [-0.1, -0.05) is 11.6 Å². The molecule has 0 saturated carbocycles. The van der Waals surface area contributed by atoms with Crippen molar-refractivity contribution in [3.8, 4) is 0 Å². The number of hydrogen-bond donors (Lipinski definition) is 1. The molecule has 2 aliphatic heterocycles. The Morgan fingerprint density at radius 1 is 1.21 bits per heavy atom. The Morgan fingerprint density at radius 3 is 2.50 bits per heavy atom. The molecule has 134 valence electrons. The quantitative estimate of drug-likeness (QED) is 0.881. The Hall–Kier alpha value is -0.880. The summed E-state index contributed by atoms with van der Waals surface area (Å²) in [5, 5.41) is 3.70. The van der Waals surface area contributed by atoms with Crippen LogP contribution >= 0.6 is 24.0 Å². The number of hydrogen-bond acceptors (Lipinski definition) is 3. The van der Waals surface area contributed by atoms with Crippen molar-refractivity contribution in [2.75, 3.05) is 45.8 Å². The van der Waals surface area contributed by atoms with E-state index in [4.69, 9.17) is 11.6 Å². The maximum Gasteiger partial charge on any atom is 0.256 e. The molecule has 3 rings (SSSR count). The SMILES string of the molecule is Cl.O=C(c1ccc(Cl)cc1F)N1CCN(CC2CCNCC2)CC1. The fourth-order valence-corrected chi connectivity index (χ4v) is 3.56. The van der Waals surface area contributed by atoms with E-state index in [2.05, 4.69) is 10.2 Å². The van der Waals surface area contributed by atoms with Crippen LogP contribution in [0.4, 0.5) is 4.39 Å². The third kappa shape index (κ3) is 4.82. The second-order valence-electron chi connectivity index (χ2n) is 6.41. The minimum atomic E-state index is -0.542. The van der Waals surface area contributed by atoms with Gasteiger partial charge < -0.3 is 10.2 Å². The molecule has 0 radical (unpaired) electrons. The Labute approximate surface area is 153 Å². The number of rotatable bonds is 3. The van der Waals surface area contributed by atoms with E-state index in [1.807, 2.05) is 0 Å². The molecular formula is C17H24Cl2FN3O. The molecule has 0 spiro atoms. The highest BCUT2D eigenvalue weighted by Gasteiger charge is 2.25. The molecule has 0 aromatic heterocycles. The smallest absolute Gasteiger partial charge is 0.256 e. The van der Waals surface area contributed by atoms with Crippen LogP contribution in [-0.4, -0.2) is 61.5 Å². The first-order valence-electron chi connectivity index (χ1n) is 8.31. The summed E-state index contributed by atoms with van der Waals surface area (Å²) in [5.41, 5.74) is 0.112. The fraction of sp³-hybridized carbons (Fsp3) is 0.588. The van der Waals surface area contributed by atoms with Crippen LogP contribution in [0.3, 0.4) is 0 Å². The van der Waals surface area contributed by atoms with E-state index < -0.39 is 5.82 Å². The van der Waals surface area contributed by atoms with E-state index >= 15 is 0 Å². The van der Waals surface area contributed by atoms with Gasteiger partial charge in [0.25, 0.3) is 5.91 Å². The molecular weight excluding hydrogens is 352 g/mol. The summed E-state index contributed by atoms with van der Waals surface area (Å²) in [6.45, 7) is 6.38. The summed E-state index contributed by atoms with van der Waals surface area (Å²) >= 11 is 5.74. The first-order valence-corrected chi connectivity index (χ1v) is 8.68. The third-order valence-corrected chi connectivity index (χ3v) is 5.03. The molecule has 24 heavy (non-hydrogen) atoms. The summed E-state index contributed by atoms with van der Waals surface area (Å²) in [6.07, 6.45) is 2.46. The number of amides is 1. The van der Waals surface area contributed by atoms with Gasteiger partial charge in [-0.15, -0.1) is 12.4 Å². The third-order valence-electron chi connectivity index (χ3n) is 4.80. The number of nitrogens with one attached hydrogen (secondary N) is 1. The second-order valence-corrected chi connectivity index (χ2v) is 6.85. The highest BCUT2D eigenvalue weighted by atomic mass is 35.5. The van der Waals surface area contributed by atoms with Crippen molar-refractivity contribution in [3.05, 3.63) is 34.6 Å². The molecule has 1 N–H and O–H groups in total. The molecule has 2 fully saturated rings. The first kappa shape index (κ1) is 19.4. The van der Waals surface area contributed by atoms with Gasteiger partial charge in [-0.25, -0.2) is 4.39 Å². The van der Waals surface area contributed by atoms with Gasteiger partial charge in [0.1, 0.15) is 5.82 Å². The number of piperidine rings is 1. The number of piperazine rings is 1. The maximum atomic E-state index is 13.9. The van der Waals surface area contributed by atoms with Gasteiger partial charge >= 0.3 is 0 Å². The molecule has 0 bridgehead atoms. The van der Waals surface area contributed by atoms with E-state index in [0.29, 0.717) is 18.1 Å². The zero-order valence-corrected chi connectivity index (χ0v) is 15.2. The molecule has 2 saturated heterocycles. The van der Waals surface area contributed by atoms with Crippen LogP contribution < -0.4 is 5.32 Å². The topological polar surface area (TPSA) is 35.6 Å². The summed E-state index contributed by atoms with van der Waals surface area (Å²) in [7, 11) is 0. The van der Waals surface area contributed by atoms with Gasteiger partial charge in [-0.3, -0.25) is 9.69 Å². The van der Waals surface area contributed by atoms with Crippen LogP contribution in [0.25, 0.3) is 0 Å². The molecule has 4 nitrogen and oxygen atoms in total. The molecule has 2 heterocycles. The molecule has 1 aromatic carbocycles. The minimum Gasteiger partial charge on any atom is -0.336 e. The lowest BCUT2D eigenvalue weighted by molar-refractivity contribution is 0.0604. The Balaban J connectivity index is 0.00000208. The fourth-order valence-electron chi connectivity index (χ4n) is 3.40. The minimum absolute atomic E-state index is 0. The molecule has 0 atom stereocenters. The van der Waals surface area contributed by atoms with Gasteiger partial charge in [0, 0.05) is 37.7 Å². The Morgan fingerprint density at radius 2 is 1.88 bits per heavy atom. The molecule has 2 aliphatic rings. The van der Waals surface area contributed by atoms with Crippen molar-refractivity contribution < 1.29 is 9.18 Å². The Kier molecular flexibility index (Phi) is 7.29. The largest absolute Gasteiger partial charge is 0.336 e. The predicted molar refractivity (Wildman–Crippen MR) is 96.6 cm³/mol. The van der Waals surface area contributed by atoms with Gasteiger partial charge in [0.15, 0.2) is 0 Å². The lowest BCUT2D eigenvalue weighted by Gasteiger charge is -2.37. The molecule has 7 heteroatoms. The molecule has 0 aliphatic carbocycles. The van der Waals surface area contributed by atoms with Crippen LogP contribution in [0.1, 0.15) is 23.2 Å². The summed E-state index contributed by atoms with van der Waals surface area (Å²) in [5.74, 6) is -0.0208. The van der Waals surface area contributed by atoms with Crippen molar-refractivity contribution in [2.24, 2.45) is 5.92 Å². The van der Waals surface area contributed by atoms with E-state index in [1.54, 1.807) is 11.0 Å². The number of carbonyl (C=O) groups excluding carboxylic acids is 1. The first-order chi connectivity index (χ1) is 11.1. The maximum absolute atomic E-state index is 13.9. The van der Waals surface area contributed by atoms with E-state index in [0.717, 1.165) is 38.6 Å². The van der Waals surface area contributed by atoms with Gasteiger partial charge in [0.2, 0.25) is 0 Å². The van der Waals surface area contributed by atoms with Crippen LogP contribution in [0, 0.1) is 11.7 Å². The zero-order valence-electron chi connectivity index (χ0n) is 13.6. The van der Waals surface area contributed by atoms with Crippen LogP contribution in [0.15, 0.2) is 18.2 Å². The average Bonchev–Trinajstić information content (AvgIpc) is 2.56. The average molecular weight is 376 g/mol. The summed E-state index contributed by atoms with van der Waals surface area (Å²) in [4.78, 5) is 16.6. The second kappa shape index (κ2) is 8.99. The zero-order chi connectivity index (χ0) is 16.2. The van der Waals surface area contributed by atoms with Crippen LogP contribution in [-0.2, 0) is 0 Å². The lowest BCUT2D eigenvalue weighted by atomic mass is 9.97. The normalized spacial score (nSPS) is 19.8. The monoisotopic (exact) mass is 375 g/mol. The van der Waals surface area contributed by atoms with Crippen LogP contribution in [0.2, 0.25) is 5.02 Å². The number of benzene rings is 1.